The molecule has 0 amide bonds. The Morgan fingerprint density at radius 2 is 1.11 bits per heavy atom. The van der Waals surface area contributed by atoms with Crippen LogP contribution in [-0.4, -0.2) is 0 Å². The van der Waals surface area contributed by atoms with Gasteiger partial charge in [0.25, 0.3) is 0 Å². The molecule has 3 aromatic rings. The molecule has 0 radical (unpaired) electrons. The van der Waals surface area contributed by atoms with Gasteiger partial charge >= 0.3 is 0 Å². The number of hydrogen-bond donors (Lipinski definition) is 0. The largest absolute Gasteiger partial charge is 0.0622 e. The first-order valence-corrected chi connectivity index (χ1v) is 10.5. The van der Waals surface area contributed by atoms with Crippen LogP contribution in [0.2, 0.25) is 0 Å². The zero-order valence-corrected chi connectivity index (χ0v) is 18.6. The zero-order chi connectivity index (χ0) is 20.5. The van der Waals surface area contributed by atoms with Gasteiger partial charge in [0.2, 0.25) is 0 Å². The number of benzene rings is 3. The molecular weight excluding hydrogens is 336 g/mol. The second-order valence-electron chi connectivity index (χ2n) is 9.81. The normalized spacial score (nSPS) is 12.2. The molecular formula is C28H34. The van der Waals surface area contributed by atoms with E-state index in [1.54, 1.807) is 0 Å². The van der Waals surface area contributed by atoms with Gasteiger partial charge in [-0.25, -0.2) is 0 Å². The molecule has 146 valence electrons. The summed E-state index contributed by atoms with van der Waals surface area (Å²) in [5, 5.41) is 0. The second-order valence-corrected chi connectivity index (χ2v) is 9.81. The fraction of sp³-hybridized carbons (Fsp3) is 0.357. The second kappa shape index (κ2) is 7.59. The molecule has 0 heteroatoms. The highest BCUT2D eigenvalue weighted by atomic mass is 14.3. The summed E-state index contributed by atoms with van der Waals surface area (Å²) in [4.78, 5) is 0. The van der Waals surface area contributed by atoms with Gasteiger partial charge in [0, 0.05) is 0 Å². The molecule has 0 fully saturated rings. The Morgan fingerprint density at radius 3 is 1.61 bits per heavy atom. The molecule has 28 heavy (non-hydrogen) atoms. The first-order chi connectivity index (χ1) is 13.1. The van der Waals surface area contributed by atoms with Crippen LogP contribution in [-0.2, 0) is 17.3 Å². The molecule has 0 unspecified atom stereocenters. The molecule has 0 spiro atoms. The van der Waals surface area contributed by atoms with E-state index in [0.29, 0.717) is 0 Å². The summed E-state index contributed by atoms with van der Waals surface area (Å²) in [6.07, 6.45) is 1.06. The van der Waals surface area contributed by atoms with Gasteiger partial charge in [0.05, 0.1) is 0 Å². The van der Waals surface area contributed by atoms with Crippen molar-refractivity contribution < 1.29 is 0 Å². The van der Waals surface area contributed by atoms with Crippen molar-refractivity contribution in [3.05, 3.63) is 83.4 Å². The Bertz CT molecular complexity index is 930. The summed E-state index contributed by atoms with van der Waals surface area (Å²) in [6.45, 7) is 16.3. The van der Waals surface area contributed by atoms with Crippen molar-refractivity contribution in [2.75, 3.05) is 0 Å². The van der Waals surface area contributed by atoms with Crippen LogP contribution in [0.5, 0.6) is 0 Å². The summed E-state index contributed by atoms with van der Waals surface area (Å²) in [6, 6.07) is 24.4. The smallest absolute Gasteiger partial charge is 0.0123 e. The predicted molar refractivity (Wildman–Crippen MR) is 124 cm³/mol. The van der Waals surface area contributed by atoms with E-state index in [1.807, 2.05) is 0 Å². The van der Waals surface area contributed by atoms with Crippen molar-refractivity contribution in [3.63, 3.8) is 0 Å². The summed E-state index contributed by atoms with van der Waals surface area (Å²) < 4.78 is 0. The predicted octanol–water partition coefficient (Wildman–Crippen LogP) is 8.18. The van der Waals surface area contributed by atoms with Gasteiger partial charge in [-0.05, 0) is 56.2 Å². The van der Waals surface area contributed by atoms with E-state index in [1.165, 1.54) is 38.9 Å². The average Bonchev–Trinajstić information content (AvgIpc) is 2.66. The Hall–Kier alpha value is -2.34. The van der Waals surface area contributed by atoms with E-state index in [0.717, 1.165) is 6.42 Å². The molecule has 0 aliphatic rings. The van der Waals surface area contributed by atoms with Crippen LogP contribution in [0.15, 0.2) is 66.7 Å². The number of hydrogen-bond acceptors (Lipinski definition) is 0. The van der Waals surface area contributed by atoms with Gasteiger partial charge < -0.3 is 0 Å². The highest BCUT2D eigenvalue weighted by Crippen LogP contribution is 2.41. The molecule has 0 bridgehead atoms. The average molecular weight is 371 g/mol. The minimum absolute atomic E-state index is 0.0973. The van der Waals surface area contributed by atoms with E-state index in [-0.39, 0.29) is 10.8 Å². The molecule has 0 atom stereocenters. The highest BCUT2D eigenvalue weighted by molar-refractivity contribution is 5.75. The van der Waals surface area contributed by atoms with Crippen molar-refractivity contribution in [1.82, 2.24) is 0 Å². The summed E-state index contributed by atoms with van der Waals surface area (Å²) in [7, 11) is 0. The topological polar surface area (TPSA) is 0 Å². The van der Waals surface area contributed by atoms with E-state index in [9.17, 15) is 0 Å². The summed E-state index contributed by atoms with van der Waals surface area (Å²) >= 11 is 0. The van der Waals surface area contributed by atoms with E-state index in [4.69, 9.17) is 0 Å². The van der Waals surface area contributed by atoms with Crippen molar-refractivity contribution in [2.45, 2.75) is 65.7 Å². The van der Waals surface area contributed by atoms with Crippen LogP contribution < -0.4 is 0 Å². The van der Waals surface area contributed by atoms with Gasteiger partial charge in [-0.1, -0.05) is 115 Å². The van der Waals surface area contributed by atoms with Crippen molar-refractivity contribution in [2.24, 2.45) is 0 Å². The third-order valence-electron chi connectivity index (χ3n) is 5.53. The molecule has 0 heterocycles. The van der Waals surface area contributed by atoms with Gasteiger partial charge in [0.1, 0.15) is 0 Å². The molecule has 0 N–H and O–H groups in total. The first-order valence-electron chi connectivity index (χ1n) is 10.5. The Kier molecular flexibility index (Phi) is 5.53. The maximum absolute atomic E-state index is 2.36. The van der Waals surface area contributed by atoms with E-state index < -0.39 is 0 Å². The summed E-state index contributed by atoms with van der Waals surface area (Å²) in [5.74, 6) is 0. The maximum Gasteiger partial charge on any atom is -0.0123 e. The van der Waals surface area contributed by atoms with Crippen LogP contribution in [0.3, 0.4) is 0 Å². The fourth-order valence-corrected chi connectivity index (χ4v) is 4.29. The van der Waals surface area contributed by atoms with E-state index in [2.05, 4.69) is 115 Å². The monoisotopic (exact) mass is 370 g/mol. The van der Waals surface area contributed by atoms with Crippen LogP contribution in [0.1, 0.15) is 65.2 Å². The molecule has 3 rings (SSSR count). The van der Waals surface area contributed by atoms with Gasteiger partial charge in [-0.3, -0.25) is 0 Å². The zero-order valence-electron chi connectivity index (χ0n) is 18.6. The van der Waals surface area contributed by atoms with Crippen LogP contribution in [0.25, 0.3) is 22.3 Å². The first kappa shape index (κ1) is 20.4. The molecule has 0 aliphatic carbocycles. The highest BCUT2D eigenvalue weighted by Gasteiger charge is 2.27. The van der Waals surface area contributed by atoms with Gasteiger partial charge in [-0.2, -0.15) is 0 Å². The van der Waals surface area contributed by atoms with Crippen LogP contribution >= 0.6 is 0 Å². The van der Waals surface area contributed by atoms with Gasteiger partial charge in [0.15, 0.2) is 0 Å². The molecule has 0 saturated heterocycles. The Balaban J connectivity index is 2.16. The van der Waals surface area contributed by atoms with Crippen molar-refractivity contribution >= 4 is 0 Å². The molecule has 3 aromatic carbocycles. The standard InChI is InChI=1S/C28H34/c1-8-23-25(27(2,3)4)19-18-24(26(23)28(5,6)7)22-16-14-21(15-17-22)20-12-10-9-11-13-20/h9-19H,8H2,1-7H3. The SMILES string of the molecule is CCc1c(C(C)(C)C)ccc(-c2ccc(-c3ccccc3)cc2)c1C(C)(C)C. The minimum Gasteiger partial charge on any atom is -0.0622 e. The van der Waals surface area contributed by atoms with Crippen LogP contribution in [0.4, 0.5) is 0 Å². The lowest BCUT2D eigenvalue weighted by Crippen LogP contribution is -2.22. The fourth-order valence-electron chi connectivity index (χ4n) is 4.29. The van der Waals surface area contributed by atoms with Crippen molar-refractivity contribution in [3.8, 4) is 22.3 Å². The quantitative estimate of drug-likeness (QED) is 0.436. The lowest BCUT2D eigenvalue weighted by molar-refractivity contribution is 0.557. The lowest BCUT2D eigenvalue weighted by atomic mass is 9.72. The third-order valence-corrected chi connectivity index (χ3v) is 5.53. The van der Waals surface area contributed by atoms with Gasteiger partial charge in [-0.15, -0.1) is 0 Å². The molecule has 0 saturated carbocycles. The molecule has 0 nitrogen and oxygen atoms in total. The van der Waals surface area contributed by atoms with E-state index >= 15 is 0 Å². The number of rotatable bonds is 3. The Labute approximate surface area is 171 Å². The maximum atomic E-state index is 2.36. The summed E-state index contributed by atoms with van der Waals surface area (Å²) in [5.41, 5.74) is 9.95. The van der Waals surface area contributed by atoms with Crippen molar-refractivity contribution in [1.29, 1.82) is 0 Å². The molecule has 0 aromatic heterocycles. The third kappa shape index (κ3) is 4.07. The minimum atomic E-state index is 0.0973. The van der Waals surface area contributed by atoms with Crippen LogP contribution in [0, 0.1) is 0 Å². The Morgan fingerprint density at radius 1 is 0.571 bits per heavy atom. The molecule has 0 aliphatic heterocycles. The lowest BCUT2D eigenvalue weighted by Gasteiger charge is -2.32.